The molecule has 0 aromatic heterocycles. The van der Waals surface area contributed by atoms with Gasteiger partial charge in [0, 0.05) is 17.1 Å². The van der Waals surface area contributed by atoms with E-state index in [4.69, 9.17) is 16.3 Å². The van der Waals surface area contributed by atoms with E-state index in [1.165, 1.54) is 0 Å². The first-order valence-corrected chi connectivity index (χ1v) is 9.74. The van der Waals surface area contributed by atoms with Gasteiger partial charge < -0.3 is 14.7 Å². The molecule has 0 unspecified atom stereocenters. The van der Waals surface area contributed by atoms with Crippen LogP contribution in [0.2, 0.25) is 5.02 Å². The van der Waals surface area contributed by atoms with Gasteiger partial charge in [0.1, 0.15) is 17.5 Å². The SMILES string of the molecule is CC(C)C[C@]1(O)CCN(C(=O)c2ccc(Cl)cc2)C[C@@H]1Oc1ccccc1. The van der Waals surface area contributed by atoms with Gasteiger partial charge in [-0.05, 0) is 55.2 Å². The van der Waals surface area contributed by atoms with E-state index in [1.807, 2.05) is 30.3 Å². The maximum absolute atomic E-state index is 12.9. The maximum Gasteiger partial charge on any atom is 0.253 e. The van der Waals surface area contributed by atoms with Crippen LogP contribution in [0, 0.1) is 5.92 Å². The molecule has 4 nitrogen and oxygen atoms in total. The molecule has 144 valence electrons. The minimum absolute atomic E-state index is 0.0695. The number of aliphatic hydroxyl groups is 1. The van der Waals surface area contributed by atoms with Crippen molar-refractivity contribution in [3.8, 4) is 5.75 Å². The molecular formula is C22H26ClNO3. The summed E-state index contributed by atoms with van der Waals surface area (Å²) >= 11 is 5.92. The summed E-state index contributed by atoms with van der Waals surface area (Å²) < 4.78 is 6.14. The molecule has 1 saturated heterocycles. The Balaban J connectivity index is 1.80. The number of halogens is 1. The topological polar surface area (TPSA) is 49.8 Å². The summed E-state index contributed by atoms with van der Waals surface area (Å²) in [5.74, 6) is 0.959. The van der Waals surface area contributed by atoms with Gasteiger partial charge in [-0.1, -0.05) is 43.6 Å². The smallest absolute Gasteiger partial charge is 0.253 e. The number of piperidine rings is 1. The first-order chi connectivity index (χ1) is 12.9. The molecule has 0 radical (unpaired) electrons. The van der Waals surface area contributed by atoms with Crippen LogP contribution in [-0.4, -0.2) is 40.7 Å². The van der Waals surface area contributed by atoms with E-state index in [-0.39, 0.29) is 5.91 Å². The maximum atomic E-state index is 12.9. The molecular weight excluding hydrogens is 362 g/mol. The van der Waals surface area contributed by atoms with Gasteiger partial charge in [-0.3, -0.25) is 4.79 Å². The van der Waals surface area contributed by atoms with Crippen molar-refractivity contribution in [3.05, 3.63) is 65.2 Å². The molecule has 27 heavy (non-hydrogen) atoms. The van der Waals surface area contributed by atoms with Crippen molar-refractivity contribution in [3.63, 3.8) is 0 Å². The average molecular weight is 388 g/mol. The zero-order valence-corrected chi connectivity index (χ0v) is 16.5. The lowest BCUT2D eigenvalue weighted by Gasteiger charge is -2.45. The zero-order chi connectivity index (χ0) is 19.4. The Morgan fingerprint density at radius 3 is 2.52 bits per heavy atom. The molecule has 0 bridgehead atoms. The van der Waals surface area contributed by atoms with E-state index < -0.39 is 11.7 Å². The number of ether oxygens (including phenoxy) is 1. The number of likely N-dealkylation sites (tertiary alicyclic amines) is 1. The molecule has 1 amide bonds. The van der Waals surface area contributed by atoms with Crippen molar-refractivity contribution in [1.29, 1.82) is 0 Å². The third-order valence-electron chi connectivity index (χ3n) is 4.96. The molecule has 2 aromatic rings. The predicted molar refractivity (Wildman–Crippen MR) is 107 cm³/mol. The Morgan fingerprint density at radius 2 is 1.89 bits per heavy atom. The van der Waals surface area contributed by atoms with E-state index in [0.29, 0.717) is 48.2 Å². The number of rotatable bonds is 5. The molecule has 0 spiro atoms. The largest absolute Gasteiger partial charge is 0.486 e. The third-order valence-corrected chi connectivity index (χ3v) is 5.21. The van der Waals surface area contributed by atoms with Crippen LogP contribution in [0.3, 0.4) is 0 Å². The van der Waals surface area contributed by atoms with Crippen LogP contribution in [0.25, 0.3) is 0 Å². The van der Waals surface area contributed by atoms with Crippen LogP contribution in [0.4, 0.5) is 0 Å². The Labute approximate surface area is 165 Å². The van der Waals surface area contributed by atoms with Gasteiger partial charge in [0.25, 0.3) is 5.91 Å². The van der Waals surface area contributed by atoms with Crippen LogP contribution in [0.15, 0.2) is 54.6 Å². The molecule has 1 heterocycles. The summed E-state index contributed by atoms with van der Waals surface area (Å²) in [6.07, 6.45) is 0.641. The van der Waals surface area contributed by atoms with Crippen LogP contribution in [-0.2, 0) is 0 Å². The van der Waals surface area contributed by atoms with Crippen molar-refractivity contribution < 1.29 is 14.6 Å². The number of benzene rings is 2. The minimum atomic E-state index is -0.958. The molecule has 0 saturated carbocycles. The first-order valence-electron chi connectivity index (χ1n) is 9.36. The fourth-order valence-electron chi connectivity index (χ4n) is 3.66. The first kappa shape index (κ1) is 19.7. The van der Waals surface area contributed by atoms with Crippen LogP contribution in [0.5, 0.6) is 5.75 Å². The number of amides is 1. The van der Waals surface area contributed by atoms with E-state index in [2.05, 4.69) is 13.8 Å². The summed E-state index contributed by atoms with van der Waals surface area (Å²) in [5, 5.41) is 11.9. The molecule has 2 atom stereocenters. The number of carbonyl (C=O) groups is 1. The van der Waals surface area contributed by atoms with Gasteiger partial charge in [-0.2, -0.15) is 0 Å². The lowest BCUT2D eigenvalue weighted by Crippen LogP contribution is -2.59. The monoisotopic (exact) mass is 387 g/mol. The molecule has 2 aromatic carbocycles. The standard InChI is InChI=1S/C22H26ClNO3/c1-16(2)14-22(26)12-13-24(21(25)17-8-10-18(23)11-9-17)15-20(22)27-19-6-4-3-5-7-19/h3-11,16,20,26H,12-15H2,1-2H3/t20-,22+/m0/s1. The van der Waals surface area contributed by atoms with E-state index in [1.54, 1.807) is 29.2 Å². The lowest BCUT2D eigenvalue weighted by molar-refractivity contribution is -0.111. The Kier molecular flexibility index (Phi) is 6.08. The highest BCUT2D eigenvalue weighted by Crippen LogP contribution is 2.33. The minimum Gasteiger partial charge on any atom is -0.486 e. The summed E-state index contributed by atoms with van der Waals surface area (Å²) in [5.41, 5.74) is -0.368. The van der Waals surface area contributed by atoms with Gasteiger partial charge >= 0.3 is 0 Å². The molecule has 3 rings (SSSR count). The highest BCUT2D eigenvalue weighted by molar-refractivity contribution is 6.30. The number of carbonyl (C=O) groups excluding carboxylic acids is 1. The lowest BCUT2D eigenvalue weighted by atomic mass is 9.81. The van der Waals surface area contributed by atoms with Crippen LogP contribution in [0.1, 0.15) is 37.0 Å². The van der Waals surface area contributed by atoms with Crippen molar-refractivity contribution in [2.24, 2.45) is 5.92 Å². The second-order valence-electron chi connectivity index (χ2n) is 7.63. The molecule has 1 N–H and O–H groups in total. The number of nitrogens with zero attached hydrogens (tertiary/aromatic N) is 1. The normalized spacial score (nSPS) is 22.7. The third kappa shape index (κ3) is 4.82. The highest BCUT2D eigenvalue weighted by Gasteiger charge is 2.44. The number of hydrogen-bond acceptors (Lipinski definition) is 3. The molecule has 5 heteroatoms. The molecule has 0 aliphatic carbocycles. The van der Waals surface area contributed by atoms with Gasteiger partial charge in [0.15, 0.2) is 0 Å². The predicted octanol–water partition coefficient (Wildman–Crippen LogP) is 4.41. The second kappa shape index (κ2) is 8.32. The fraction of sp³-hybridized carbons (Fsp3) is 0.409. The Morgan fingerprint density at radius 1 is 1.22 bits per heavy atom. The fourth-order valence-corrected chi connectivity index (χ4v) is 3.79. The molecule has 1 aliphatic heterocycles. The zero-order valence-electron chi connectivity index (χ0n) is 15.8. The van der Waals surface area contributed by atoms with Crippen LogP contribution < -0.4 is 4.74 Å². The average Bonchev–Trinajstić information content (AvgIpc) is 2.64. The van der Waals surface area contributed by atoms with E-state index in [0.717, 1.165) is 0 Å². The molecule has 1 aliphatic rings. The summed E-state index contributed by atoms with van der Waals surface area (Å²) in [7, 11) is 0. The van der Waals surface area contributed by atoms with Crippen molar-refractivity contribution in [2.75, 3.05) is 13.1 Å². The Hall–Kier alpha value is -2.04. The number of hydrogen-bond donors (Lipinski definition) is 1. The second-order valence-corrected chi connectivity index (χ2v) is 8.07. The summed E-state index contributed by atoms with van der Waals surface area (Å²) in [4.78, 5) is 14.6. The highest BCUT2D eigenvalue weighted by atomic mass is 35.5. The van der Waals surface area contributed by atoms with Gasteiger partial charge in [0.2, 0.25) is 0 Å². The van der Waals surface area contributed by atoms with Gasteiger partial charge in [0.05, 0.1) is 6.54 Å². The quantitative estimate of drug-likeness (QED) is 0.826. The van der Waals surface area contributed by atoms with Crippen molar-refractivity contribution in [1.82, 2.24) is 4.90 Å². The van der Waals surface area contributed by atoms with Crippen LogP contribution >= 0.6 is 11.6 Å². The summed E-state index contributed by atoms with van der Waals surface area (Å²) in [6, 6.07) is 16.3. The van der Waals surface area contributed by atoms with Gasteiger partial charge in [-0.25, -0.2) is 0 Å². The number of para-hydroxylation sites is 1. The summed E-state index contributed by atoms with van der Waals surface area (Å²) in [6.45, 7) is 5.02. The van der Waals surface area contributed by atoms with Gasteiger partial charge in [-0.15, -0.1) is 0 Å². The van der Waals surface area contributed by atoms with E-state index in [9.17, 15) is 9.90 Å². The molecule has 1 fully saturated rings. The Bertz CT molecular complexity index is 763. The van der Waals surface area contributed by atoms with Crippen molar-refractivity contribution >= 4 is 17.5 Å². The van der Waals surface area contributed by atoms with E-state index >= 15 is 0 Å². The van der Waals surface area contributed by atoms with Crippen molar-refractivity contribution in [2.45, 2.75) is 38.4 Å².